The third kappa shape index (κ3) is 3.72. The summed E-state index contributed by atoms with van der Waals surface area (Å²) in [5.41, 5.74) is 0.763. The van der Waals surface area contributed by atoms with Gasteiger partial charge in [0, 0.05) is 17.7 Å². The highest BCUT2D eigenvalue weighted by molar-refractivity contribution is 7.84. The summed E-state index contributed by atoms with van der Waals surface area (Å²) in [6.45, 7) is -0.0957. The Hall–Kier alpha value is -1.03. The number of hydrogen-bond donors (Lipinski definition) is 1. The van der Waals surface area contributed by atoms with Crippen molar-refractivity contribution in [3.05, 3.63) is 29.8 Å². The maximum Gasteiger partial charge on any atom is 0.409 e. The molecule has 2 atom stereocenters. The summed E-state index contributed by atoms with van der Waals surface area (Å²) in [6.07, 6.45) is 0.0711. The number of carbonyl (C=O) groups excluding carboxylic acids is 1. The molecule has 0 amide bonds. The lowest BCUT2D eigenvalue weighted by Crippen LogP contribution is -2.37. The van der Waals surface area contributed by atoms with Crippen molar-refractivity contribution in [2.24, 2.45) is 0 Å². The van der Waals surface area contributed by atoms with E-state index >= 15 is 0 Å². The minimum absolute atomic E-state index is 0.247. The molecule has 1 aromatic rings. The van der Waals surface area contributed by atoms with Crippen LogP contribution < -0.4 is 9.61 Å². The first kappa shape index (κ1) is 14.4. The lowest BCUT2D eigenvalue weighted by Gasteiger charge is -2.17. The van der Waals surface area contributed by atoms with E-state index in [0.29, 0.717) is 12.2 Å². The fourth-order valence-electron chi connectivity index (χ4n) is 1.82. The van der Waals surface area contributed by atoms with E-state index in [9.17, 15) is 9.36 Å². The van der Waals surface area contributed by atoms with E-state index in [1.165, 1.54) is 0 Å². The van der Waals surface area contributed by atoms with E-state index in [4.69, 9.17) is 20.5 Å². The SMILES string of the molecule is CC(C)OC(=O)C1Cc2ccccc2OP(=O)(Cl)N1. The molecular weight excluding hydrogens is 289 g/mol. The highest BCUT2D eigenvalue weighted by atomic mass is 35.7. The van der Waals surface area contributed by atoms with Crippen LogP contribution in [0, 0.1) is 0 Å². The van der Waals surface area contributed by atoms with Gasteiger partial charge in [0.05, 0.1) is 6.10 Å². The number of nitrogens with one attached hydrogen (secondary N) is 1. The number of hydrogen-bond acceptors (Lipinski definition) is 4. The van der Waals surface area contributed by atoms with Crippen molar-refractivity contribution >= 4 is 24.1 Å². The lowest BCUT2D eigenvalue weighted by atomic mass is 10.1. The second-order valence-electron chi connectivity index (χ2n) is 4.55. The first-order valence-corrected chi connectivity index (χ1v) is 8.46. The van der Waals surface area contributed by atoms with Crippen molar-refractivity contribution in [3.63, 3.8) is 0 Å². The first-order valence-electron chi connectivity index (χ1n) is 5.93. The zero-order chi connectivity index (χ0) is 14.0. The summed E-state index contributed by atoms with van der Waals surface area (Å²) in [4.78, 5) is 11.9. The predicted molar refractivity (Wildman–Crippen MR) is 72.4 cm³/mol. The van der Waals surface area contributed by atoms with Gasteiger partial charge in [-0.05, 0) is 25.5 Å². The number of fused-ring (bicyclic) bond motifs is 1. The Labute approximate surface area is 116 Å². The Morgan fingerprint density at radius 2 is 2.21 bits per heavy atom. The van der Waals surface area contributed by atoms with Gasteiger partial charge in [-0.25, -0.2) is 9.65 Å². The van der Waals surface area contributed by atoms with Gasteiger partial charge in [0.1, 0.15) is 11.8 Å². The number of esters is 1. The molecule has 1 N–H and O–H groups in total. The van der Waals surface area contributed by atoms with Gasteiger partial charge in [-0.2, -0.15) is 0 Å². The topological polar surface area (TPSA) is 64.6 Å². The van der Waals surface area contributed by atoms with Gasteiger partial charge in [0.15, 0.2) is 0 Å². The minimum Gasteiger partial charge on any atom is -0.462 e. The maximum atomic E-state index is 12.0. The van der Waals surface area contributed by atoms with Crippen molar-refractivity contribution in [1.82, 2.24) is 5.09 Å². The third-order valence-electron chi connectivity index (χ3n) is 2.56. The van der Waals surface area contributed by atoms with Gasteiger partial charge in [0.25, 0.3) is 0 Å². The molecule has 5 nitrogen and oxygen atoms in total. The van der Waals surface area contributed by atoms with Crippen LogP contribution in [0.15, 0.2) is 24.3 Å². The molecule has 1 aliphatic rings. The van der Waals surface area contributed by atoms with Crippen molar-refractivity contribution in [2.45, 2.75) is 32.4 Å². The van der Waals surface area contributed by atoms with Crippen LogP contribution in [-0.4, -0.2) is 18.1 Å². The molecule has 2 unspecified atom stereocenters. The Morgan fingerprint density at radius 1 is 1.53 bits per heavy atom. The predicted octanol–water partition coefficient (Wildman–Crippen LogP) is 2.88. The Balaban J connectivity index is 2.28. The first-order chi connectivity index (χ1) is 8.87. The quantitative estimate of drug-likeness (QED) is 0.672. The van der Waals surface area contributed by atoms with E-state index in [1.54, 1.807) is 32.0 Å². The number of rotatable bonds is 2. The van der Waals surface area contributed by atoms with Gasteiger partial charge >= 0.3 is 12.8 Å². The highest BCUT2D eigenvalue weighted by Crippen LogP contribution is 2.51. The molecule has 1 aromatic carbocycles. The van der Waals surface area contributed by atoms with Crippen LogP contribution in [0.5, 0.6) is 5.75 Å². The summed E-state index contributed by atoms with van der Waals surface area (Å²) < 4.78 is 22.4. The molecule has 0 saturated heterocycles. The molecule has 0 aliphatic carbocycles. The van der Waals surface area contributed by atoms with Gasteiger partial charge in [-0.15, -0.1) is 0 Å². The largest absolute Gasteiger partial charge is 0.462 e. The molecule has 0 spiro atoms. The molecule has 0 radical (unpaired) electrons. The second kappa shape index (κ2) is 5.53. The van der Waals surface area contributed by atoms with Crippen molar-refractivity contribution < 1.29 is 18.6 Å². The lowest BCUT2D eigenvalue weighted by molar-refractivity contribution is -0.149. The number of halogens is 1. The van der Waals surface area contributed by atoms with Crippen LogP contribution in [0.25, 0.3) is 0 Å². The summed E-state index contributed by atoms with van der Waals surface area (Å²) in [7, 11) is 0. The fraction of sp³-hybridized carbons (Fsp3) is 0.417. The van der Waals surface area contributed by atoms with Crippen LogP contribution in [0.2, 0.25) is 0 Å². The summed E-state index contributed by atoms with van der Waals surface area (Å²) in [5.74, 6) is -0.0654. The Bertz CT molecular complexity index is 534. The molecule has 0 saturated carbocycles. The average Bonchev–Trinajstić information content (AvgIpc) is 2.42. The molecule has 19 heavy (non-hydrogen) atoms. The molecule has 0 aromatic heterocycles. The maximum absolute atomic E-state index is 12.0. The van der Waals surface area contributed by atoms with Gasteiger partial charge in [-0.3, -0.25) is 4.79 Å². The average molecular weight is 304 g/mol. The van der Waals surface area contributed by atoms with Crippen molar-refractivity contribution in [2.75, 3.05) is 0 Å². The molecule has 0 bridgehead atoms. The molecule has 0 fully saturated rings. The molecular formula is C12H15ClNO4P. The normalized spacial score (nSPS) is 26.2. The van der Waals surface area contributed by atoms with E-state index in [0.717, 1.165) is 5.56 Å². The third-order valence-corrected chi connectivity index (χ3v) is 4.11. The number of ether oxygens (including phenoxy) is 1. The van der Waals surface area contributed by atoms with Crippen LogP contribution in [0.1, 0.15) is 19.4 Å². The number of benzene rings is 1. The fourth-order valence-corrected chi connectivity index (χ4v) is 3.45. The van der Waals surface area contributed by atoms with Gasteiger partial charge < -0.3 is 9.26 Å². The van der Waals surface area contributed by atoms with Crippen molar-refractivity contribution in [1.29, 1.82) is 0 Å². The summed E-state index contributed by atoms with van der Waals surface area (Å²) in [5, 5.41) is 2.53. The zero-order valence-corrected chi connectivity index (χ0v) is 12.3. The molecule has 104 valence electrons. The molecule has 7 heteroatoms. The van der Waals surface area contributed by atoms with Gasteiger partial charge in [0.2, 0.25) is 0 Å². The smallest absolute Gasteiger partial charge is 0.409 e. The minimum atomic E-state index is -3.59. The summed E-state index contributed by atoms with van der Waals surface area (Å²) in [6, 6.07) is 6.26. The van der Waals surface area contributed by atoms with E-state index in [1.807, 2.05) is 6.07 Å². The highest BCUT2D eigenvalue weighted by Gasteiger charge is 2.35. The van der Waals surface area contributed by atoms with Gasteiger partial charge in [-0.1, -0.05) is 18.2 Å². The standard InChI is InChI=1S/C12H15ClNO4P/c1-8(2)17-12(15)10-7-9-5-3-4-6-11(9)18-19(13,16)14-10/h3-6,8,10H,7H2,1-2H3,(H,14,16). The monoisotopic (exact) mass is 303 g/mol. The van der Waals surface area contributed by atoms with Crippen molar-refractivity contribution in [3.8, 4) is 5.75 Å². The van der Waals surface area contributed by atoms with E-state index in [2.05, 4.69) is 5.09 Å². The Kier molecular flexibility index (Phi) is 4.19. The van der Waals surface area contributed by atoms with E-state index in [-0.39, 0.29) is 6.10 Å². The number of para-hydroxylation sites is 1. The number of carbonyl (C=O) groups is 1. The zero-order valence-electron chi connectivity index (χ0n) is 10.6. The molecule has 1 heterocycles. The van der Waals surface area contributed by atoms with Crippen LogP contribution in [0.4, 0.5) is 0 Å². The molecule has 1 aliphatic heterocycles. The Morgan fingerprint density at radius 3 is 2.89 bits per heavy atom. The van der Waals surface area contributed by atoms with Crippen LogP contribution in [0.3, 0.4) is 0 Å². The summed E-state index contributed by atoms with van der Waals surface area (Å²) >= 11 is 5.79. The van der Waals surface area contributed by atoms with E-state index < -0.39 is 18.9 Å². The van der Waals surface area contributed by atoms with Crippen LogP contribution in [-0.2, 0) is 20.5 Å². The second-order valence-corrected chi connectivity index (χ2v) is 7.29. The molecule has 2 rings (SSSR count). The van der Waals surface area contributed by atoms with Crippen LogP contribution >= 0.6 is 18.1 Å².